The molecule has 1 fully saturated rings. The van der Waals surface area contributed by atoms with Gasteiger partial charge in [0.25, 0.3) is 10.0 Å². The lowest BCUT2D eigenvalue weighted by molar-refractivity contribution is 0.584. The Kier molecular flexibility index (Phi) is 3.40. The van der Waals surface area contributed by atoms with Crippen LogP contribution in [0.3, 0.4) is 0 Å². The summed E-state index contributed by atoms with van der Waals surface area (Å²) in [7, 11) is -3.57. The van der Waals surface area contributed by atoms with Crippen molar-refractivity contribution in [2.24, 2.45) is 11.0 Å². The monoisotopic (exact) mass is 272 g/mol. The number of nitrogens with one attached hydrogen (secondary N) is 1. The van der Waals surface area contributed by atoms with Crippen molar-refractivity contribution in [1.29, 1.82) is 0 Å². The summed E-state index contributed by atoms with van der Waals surface area (Å²) in [5.74, 6) is 0.447. The van der Waals surface area contributed by atoms with Crippen molar-refractivity contribution < 1.29 is 8.42 Å². The van der Waals surface area contributed by atoms with E-state index in [4.69, 9.17) is 11.6 Å². The molecular formula is C11H13ClN2O2S. The zero-order valence-corrected chi connectivity index (χ0v) is 10.9. The molecule has 92 valence electrons. The Morgan fingerprint density at radius 3 is 2.47 bits per heavy atom. The van der Waals surface area contributed by atoms with E-state index in [-0.39, 0.29) is 4.90 Å². The molecule has 4 nitrogen and oxygen atoms in total. The summed E-state index contributed by atoms with van der Waals surface area (Å²) < 4.78 is 23.7. The second kappa shape index (κ2) is 4.66. The quantitative estimate of drug-likeness (QED) is 0.676. The Morgan fingerprint density at radius 2 is 1.94 bits per heavy atom. The fraction of sp³-hybridized carbons (Fsp3) is 0.364. The molecule has 1 aromatic rings. The molecule has 17 heavy (non-hydrogen) atoms. The van der Waals surface area contributed by atoms with Crippen LogP contribution in [0.4, 0.5) is 0 Å². The Morgan fingerprint density at radius 1 is 1.35 bits per heavy atom. The van der Waals surface area contributed by atoms with Crippen LogP contribution in [0.1, 0.15) is 19.8 Å². The van der Waals surface area contributed by atoms with Gasteiger partial charge >= 0.3 is 0 Å². The molecule has 1 saturated carbocycles. The fourth-order valence-electron chi connectivity index (χ4n) is 1.39. The summed E-state index contributed by atoms with van der Waals surface area (Å²) in [4.78, 5) is 2.39. The van der Waals surface area contributed by atoms with E-state index in [1.807, 2.05) is 6.92 Å². The highest BCUT2D eigenvalue weighted by Crippen LogP contribution is 2.30. The van der Waals surface area contributed by atoms with Crippen molar-refractivity contribution in [2.75, 3.05) is 0 Å². The Labute approximate surface area is 106 Å². The molecule has 1 aliphatic carbocycles. The molecule has 1 aliphatic rings. The van der Waals surface area contributed by atoms with Crippen LogP contribution in [0.25, 0.3) is 0 Å². The summed E-state index contributed by atoms with van der Waals surface area (Å²) in [6, 6.07) is 5.97. The molecule has 1 aromatic carbocycles. The first-order chi connectivity index (χ1) is 7.99. The van der Waals surface area contributed by atoms with Gasteiger partial charge in [-0.15, -0.1) is 0 Å². The summed E-state index contributed by atoms with van der Waals surface area (Å²) in [6.45, 7) is 1.84. The van der Waals surface area contributed by atoms with E-state index in [0.717, 1.165) is 18.6 Å². The van der Waals surface area contributed by atoms with Gasteiger partial charge in [-0.05, 0) is 49.9 Å². The maximum Gasteiger partial charge on any atom is 0.276 e. The molecule has 0 unspecified atom stereocenters. The highest BCUT2D eigenvalue weighted by molar-refractivity contribution is 7.89. The highest BCUT2D eigenvalue weighted by atomic mass is 35.5. The van der Waals surface area contributed by atoms with Gasteiger partial charge in [-0.3, -0.25) is 0 Å². The first-order valence-corrected chi connectivity index (χ1v) is 7.17. The van der Waals surface area contributed by atoms with E-state index < -0.39 is 10.0 Å². The van der Waals surface area contributed by atoms with Crippen molar-refractivity contribution in [3.63, 3.8) is 0 Å². The van der Waals surface area contributed by atoms with Crippen LogP contribution in [0.2, 0.25) is 5.02 Å². The fourth-order valence-corrected chi connectivity index (χ4v) is 2.38. The molecule has 0 spiro atoms. The second-order valence-corrected chi connectivity index (χ2v) is 6.17. The van der Waals surface area contributed by atoms with Gasteiger partial charge in [0.1, 0.15) is 0 Å². The predicted octanol–water partition coefficient (Wildman–Crippen LogP) is 2.40. The van der Waals surface area contributed by atoms with Crippen LogP contribution in [0.15, 0.2) is 34.3 Å². The average Bonchev–Trinajstić information content (AvgIpc) is 3.10. The van der Waals surface area contributed by atoms with Crippen molar-refractivity contribution in [3.8, 4) is 0 Å². The first-order valence-electron chi connectivity index (χ1n) is 5.30. The van der Waals surface area contributed by atoms with Gasteiger partial charge in [-0.25, -0.2) is 4.83 Å². The van der Waals surface area contributed by atoms with Gasteiger partial charge in [0.2, 0.25) is 0 Å². The van der Waals surface area contributed by atoms with Gasteiger partial charge in [0.05, 0.1) is 4.90 Å². The lowest BCUT2D eigenvalue weighted by Gasteiger charge is -2.04. The number of rotatable bonds is 4. The lowest BCUT2D eigenvalue weighted by atomic mass is 10.3. The van der Waals surface area contributed by atoms with Gasteiger partial charge in [-0.2, -0.15) is 13.5 Å². The minimum absolute atomic E-state index is 0.161. The molecule has 2 rings (SSSR count). The number of halogens is 1. The number of hydrogen-bond acceptors (Lipinski definition) is 3. The van der Waals surface area contributed by atoms with E-state index in [1.165, 1.54) is 24.3 Å². The predicted molar refractivity (Wildman–Crippen MR) is 67.6 cm³/mol. The zero-order chi connectivity index (χ0) is 12.5. The topological polar surface area (TPSA) is 58.5 Å². The number of hydrazone groups is 1. The molecule has 0 heterocycles. The van der Waals surface area contributed by atoms with E-state index in [1.54, 1.807) is 0 Å². The van der Waals surface area contributed by atoms with Crippen molar-refractivity contribution >= 4 is 27.3 Å². The summed E-state index contributed by atoms with van der Waals surface area (Å²) in [5.41, 5.74) is 0.836. The Balaban J connectivity index is 2.13. The van der Waals surface area contributed by atoms with Crippen molar-refractivity contribution in [1.82, 2.24) is 4.83 Å². The number of sulfonamides is 1. The van der Waals surface area contributed by atoms with Gasteiger partial charge < -0.3 is 0 Å². The Bertz CT molecular complexity index is 533. The zero-order valence-electron chi connectivity index (χ0n) is 9.35. The van der Waals surface area contributed by atoms with Crippen LogP contribution >= 0.6 is 11.6 Å². The van der Waals surface area contributed by atoms with Gasteiger partial charge in [0, 0.05) is 10.7 Å². The molecule has 0 saturated heterocycles. The van der Waals surface area contributed by atoms with Crippen LogP contribution in [0.5, 0.6) is 0 Å². The minimum Gasteiger partial charge on any atom is -0.200 e. The molecular weight excluding hydrogens is 260 g/mol. The van der Waals surface area contributed by atoms with Gasteiger partial charge in [0.15, 0.2) is 0 Å². The molecule has 0 radical (unpaired) electrons. The number of benzene rings is 1. The maximum absolute atomic E-state index is 11.8. The van der Waals surface area contributed by atoms with Crippen molar-refractivity contribution in [2.45, 2.75) is 24.7 Å². The van der Waals surface area contributed by atoms with Gasteiger partial charge in [-0.1, -0.05) is 11.6 Å². The van der Waals surface area contributed by atoms with Crippen LogP contribution < -0.4 is 4.83 Å². The van der Waals surface area contributed by atoms with E-state index in [2.05, 4.69) is 9.93 Å². The third-order valence-electron chi connectivity index (χ3n) is 2.63. The first kappa shape index (κ1) is 12.4. The highest BCUT2D eigenvalue weighted by Gasteiger charge is 2.25. The van der Waals surface area contributed by atoms with E-state index >= 15 is 0 Å². The normalized spacial score (nSPS) is 16.9. The second-order valence-electron chi connectivity index (χ2n) is 4.08. The average molecular weight is 273 g/mol. The molecule has 0 aliphatic heterocycles. The van der Waals surface area contributed by atoms with Crippen LogP contribution in [-0.2, 0) is 10.0 Å². The smallest absolute Gasteiger partial charge is 0.200 e. The van der Waals surface area contributed by atoms with Crippen molar-refractivity contribution in [3.05, 3.63) is 29.3 Å². The summed E-state index contributed by atoms with van der Waals surface area (Å²) in [6.07, 6.45) is 2.19. The van der Waals surface area contributed by atoms with Crippen LogP contribution in [-0.4, -0.2) is 14.1 Å². The summed E-state index contributed by atoms with van der Waals surface area (Å²) >= 11 is 5.70. The maximum atomic E-state index is 11.8. The molecule has 0 bridgehead atoms. The van der Waals surface area contributed by atoms with E-state index in [0.29, 0.717) is 10.9 Å². The standard InChI is InChI=1S/C11H13ClN2O2S/c1-8(9-2-3-9)13-14-17(15,16)11-6-4-10(12)5-7-11/h4-7,9,14H,2-3H2,1H3/b13-8+. The lowest BCUT2D eigenvalue weighted by Crippen LogP contribution is -2.20. The Hall–Kier alpha value is -1.07. The molecule has 0 amide bonds. The third kappa shape index (κ3) is 3.20. The molecule has 1 N–H and O–H groups in total. The van der Waals surface area contributed by atoms with E-state index in [9.17, 15) is 8.42 Å². The molecule has 0 atom stereocenters. The minimum atomic E-state index is -3.57. The SMILES string of the molecule is C/C(=N\NS(=O)(=O)c1ccc(Cl)cc1)C1CC1. The summed E-state index contributed by atoms with van der Waals surface area (Å²) in [5, 5.41) is 4.40. The third-order valence-corrected chi connectivity index (χ3v) is 4.11. The number of hydrogen-bond donors (Lipinski definition) is 1. The number of nitrogens with zero attached hydrogens (tertiary/aromatic N) is 1. The van der Waals surface area contributed by atoms with Crippen LogP contribution in [0, 0.1) is 5.92 Å². The molecule has 0 aromatic heterocycles. The largest absolute Gasteiger partial charge is 0.276 e. The molecule has 6 heteroatoms.